The number of nitrogens with zero attached hydrogens (tertiary/aromatic N) is 1. The molecule has 0 aliphatic carbocycles. The van der Waals surface area contributed by atoms with E-state index < -0.39 is 37.6 Å². The van der Waals surface area contributed by atoms with Gasteiger partial charge in [0, 0.05) is 30.3 Å². The zero-order valence-electron chi connectivity index (χ0n) is 21.7. The lowest BCUT2D eigenvalue weighted by atomic mass is 9.91. The van der Waals surface area contributed by atoms with E-state index in [1.165, 1.54) is 4.90 Å². The van der Waals surface area contributed by atoms with E-state index in [-0.39, 0.29) is 48.7 Å². The Kier molecular flexibility index (Phi) is 8.17. The molecule has 1 fully saturated rings. The average Bonchev–Trinajstić information content (AvgIpc) is 2.78. The van der Waals surface area contributed by atoms with Gasteiger partial charge in [-0.1, -0.05) is 25.7 Å². The van der Waals surface area contributed by atoms with Gasteiger partial charge < -0.3 is 24.8 Å². The number of carboxylic acids is 1. The van der Waals surface area contributed by atoms with Gasteiger partial charge in [-0.25, -0.2) is 8.78 Å². The number of amides is 2. The highest BCUT2D eigenvalue weighted by atomic mass is 28.3. The summed E-state index contributed by atoms with van der Waals surface area (Å²) >= 11 is 0. The highest BCUT2D eigenvalue weighted by Gasteiger charge is 2.36. The van der Waals surface area contributed by atoms with Gasteiger partial charge >= 0.3 is 5.97 Å². The van der Waals surface area contributed by atoms with Gasteiger partial charge in [0.05, 0.1) is 21.3 Å². The first kappa shape index (κ1) is 27.7. The fourth-order valence-corrected chi connectivity index (χ4v) is 6.39. The Morgan fingerprint density at radius 1 is 1.11 bits per heavy atom. The van der Waals surface area contributed by atoms with Gasteiger partial charge in [-0.3, -0.25) is 14.4 Å². The van der Waals surface area contributed by atoms with Crippen LogP contribution in [0, 0.1) is 11.6 Å². The molecule has 8 nitrogen and oxygen atoms in total. The lowest BCUT2D eigenvalue weighted by molar-refractivity contribution is -0.140. The Morgan fingerprint density at radius 2 is 1.79 bits per heavy atom. The first-order valence-corrected chi connectivity index (χ1v) is 16.1. The van der Waals surface area contributed by atoms with Crippen molar-refractivity contribution in [2.45, 2.75) is 57.5 Å². The van der Waals surface area contributed by atoms with Crippen molar-refractivity contribution in [1.29, 1.82) is 0 Å². The van der Waals surface area contributed by atoms with Crippen LogP contribution in [0.5, 0.6) is 5.75 Å². The van der Waals surface area contributed by atoms with E-state index in [4.69, 9.17) is 14.6 Å². The molecule has 1 saturated heterocycles. The molecule has 1 atom stereocenters. The fraction of sp³-hybridized carbons (Fsp3) is 0.444. The second-order valence-corrected chi connectivity index (χ2v) is 15.7. The largest absolute Gasteiger partial charge is 0.486 e. The molecule has 2 N–H and O–H groups in total. The van der Waals surface area contributed by atoms with Crippen molar-refractivity contribution in [3.8, 4) is 5.75 Å². The quantitative estimate of drug-likeness (QED) is 0.466. The van der Waals surface area contributed by atoms with E-state index in [1.807, 2.05) is 25.7 Å². The minimum atomic E-state index is -2.30. The number of nitrogens with one attached hydrogen (secondary N) is 1. The fourth-order valence-electron chi connectivity index (χ4n) is 4.81. The van der Waals surface area contributed by atoms with Crippen molar-refractivity contribution < 1.29 is 37.7 Å². The lowest BCUT2D eigenvalue weighted by Crippen LogP contribution is -2.45. The molecule has 38 heavy (non-hydrogen) atoms. The Labute approximate surface area is 220 Å². The molecular weight excluding hydrogens is 514 g/mol. The highest BCUT2D eigenvalue weighted by Crippen LogP contribution is 2.34. The maximum absolute atomic E-state index is 14.8. The minimum Gasteiger partial charge on any atom is -0.486 e. The van der Waals surface area contributed by atoms with Crippen molar-refractivity contribution in [2.75, 3.05) is 25.1 Å². The highest BCUT2D eigenvalue weighted by molar-refractivity contribution is 6.88. The predicted octanol–water partition coefficient (Wildman–Crippen LogP) is 3.61. The van der Waals surface area contributed by atoms with Crippen LogP contribution in [0.4, 0.5) is 14.5 Å². The summed E-state index contributed by atoms with van der Waals surface area (Å²) in [5.74, 6) is -2.79. The van der Waals surface area contributed by atoms with E-state index in [0.717, 1.165) is 17.7 Å². The number of aliphatic carboxylic acids is 1. The van der Waals surface area contributed by atoms with Crippen molar-refractivity contribution in [3.63, 3.8) is 0 Å². The van der Waals surface area contributed by atoms with Crippen molar-refractivity contribution >= 4 is 36.7 Å². The van der Waals surface area contributed by atoms with Gasteiger partial charge in [-0.15, -0.1) is 0 Å². The van der Waals surface area contributed by atoms with Crippen LogP contribution < -0.4 is 15.2 Å². The van der Waals surface area contributed by atoms with Crippen LogP contribution in [0.25, 0.3) is 0 Å². The molecule has 11 heteroatoms. The molecule has 2 aliphatic heterocycles. The van der Waals surface area contributed by atoms with E-state index in [1.54, 1.807) is 12.1 Å². The number of carbonyl (C=O) groups excluding carboxylic acids is 2. The van der Waals surface area contributed by atoms with Crippen LogP contribution >= 0.6 is 0 Å². The van der Waals surface area contributed by atoms with Gasteiger partial charge in [0.15, 0.2) is 0 Å². The predicted molar refractivity (Wildman–Crippen MR) is 139 cm³/mol. The molecule has 2 aromatic rings. The Morgan fingerprint density at radius 3 is 2.37 bits per heavy atom. The van der Waals surface area contributed by atoms with Gasteiger partial charge in [0.2, 0.25) is 5.91 Å². The molecule has 0 aromatic heterocycles. The summed E-state index contributed by atoms with van der Waals surface area (Å²) in [6.07, 6.45) is 0.364. The molecule has 2 aromatic carbocycles. The topological polar surface area (TPSA) is 105 Å². The number of hydrogen-bond donors (Lipinski definition) is 2. The summed E-state index contributed by atoms with van der Waals surface area (Å²) in [5.41, 5.74) is 1.36. The first-order chi connectivity index (χ1) is 17.9. The monoisotopic (exact) mass is 546 g/mol. The summed E-state index contributed by atoms with van der Waals surface area (Å²) in [6, 6.07) is 6.44. The molecule has 4 rings (SSSR count). The number of benzene rings is 2. The Bertz CT molecular complexity index is 1220. The SMILES string of the molecule is C[Si](C)(C)c1c(F)cc(NC(=O)[C@H]2c3ccc(OC4COC4)cc3CCN2C(=O)CCCC(=O)O)cc1F. The van der Waals surface area contributed by atoms with Gasteiger partial charge in [0.1, 0.15) is 29.5 Å². The van der Waals surface area contributed by atoms with Crippen LogP contribution in [-0.2, 0) is 25.5 Å². The summed E-state index contributed by atoms with van der Waals surface area (Å²) in [5, 5.41) is 11.6. The summed E-state index contributed by atoms with van der Waals surface area (Å²) < 4.78 is 40.7. The van der Waals surface area contributed by atoms with E-state index in [0.29, 0.717) is 30.9 Å². The molecule has 204 valence electrons. The molecule has 0 radical (unpaired) electrons. The summed E-state index contributed by atoms with van der Waals surface area (Å²) in [7, 11) is -2.30. The van der Waals surface area contributed by atoms with Crippen molar-refractivity contribution in [1.82, 2.24) is 4.90 Å². The second-order valence-electron chi connectivity index (χ2n) is 10.7. The molecule has 2 heterocycles. The van der Waals surface area contributed by atoms with Crippen molar-refractivity contribution in [2.24, 2.45) is 0 Å². The summed E-state index contributed by atoms with van der Waals surface area (Å²) in [6.45, 7) is 6.72. The zero-order chi connectivity index (χ0) is 27.6. The van der Waals surface area contributed by atoms with Crippen LogP contribution in [0.15, 0.2) is 30.3 Å². The second kappa shape index (κ2) is 11.2. The maximum atomic E-state index is 14.8. The van der Waals surface area contributed by atoms with Crippen LogP contribution in [-0.4, -0.2) is 61.7 Å². The van der Waals surface area contributed by atoms with Crippen molar-refractivity contribution in [3.05, 3.63) is 53.1 Å². The minimum absolute atomic E-state index is 0.0352. The molecular formula is C27H32F2N2O6Si. The number of rotatable bonds is 9. The van der Waals surface area contributed by atoms with Crippen LogP contribution in [0.3, 0.4) is 0 Å². The number of carbonyl (C=O) groups is 3. The third kappa shape index (κ3) is 6.21. The molecule has 0 saturated carbocycles. The number of fused-ring (bicyclic) bond motifs is 1. The smallest absolute Gasteiger partial charge is 0.303 e. The standard InChI is InChI=1S/C27H32F2N2O6Si/c1-38(2,3)26-21(28)12-17(13-22(26)29)30-27(35)25-20-8-7-18(37-19-14-36-15-19)11-16(20)9-10-31(25)23(32)5-4-6-24(33)34/h7-8,11-13,19,25H,4-6,9-10,14-15H2,1-3H3,(H,30,35)(H,33,34)/t25-/m1/s1. The summed E-state index contributed by atoms with van der Waals surface area (Å²) in [4.78, 5) is 39.0. The number of halogens is 2. The van der Waals surface area contributed by atoms with E-state index in [9.17, 15) is 23.2 Å². The van der Waals surface area contributed by atoms with Gasteiger partial charge in [-0.05, 0) is 48.2 Å². The molecule has 0 bridgehead atoms. The normalized spacial score (nSPS) is 17.4. The molecule has 2 amide bonds. The van der Waals surface area contributed by atoms with E-state index in [2.05, 4.69) is 5.32 Å². The van der Waals surface area contributed by atoms with E-state index >= 15 is 0 Å². The average molecular weight is 547 g/mol. The van der Waals surface area contributed by atoms with Crippen LogP contribution in [0.2, 0.25) is 19.6 Å². The van der Waals surface area contributed by atoms with Gasteiger partial charge in [0.25, 0.3) is 5.91 Å². The third-order valence-corrected chi connectivity index (χ3v) is 8.64. The number of ether oxygens (including phenoxy) is 2. The number of carboxylic acid groups (broad SMARTS) is 1. The first-order valence-electron chi connectivity index (χ1n) is 12.6. The molecule has 0 unspecified atom stereocenters. The van der Waals surface area contributed by atoms with Gasteiger partial charge in [-0.2, -0.15) is 0 Å². The zero-order valence-corrected chi connectivity index (χ0v) is 22.7. The third-order valence-electron chi connectivity index (χ3n) is 6.66. The van der Waals surface area contributed by atoms with Crippen LogP contribution in [0.1, 0.15) is 36.4 Å². The Hall–Kier alpha value is -3.31. The molecule has 2 aliphatic rings. The Balaban J connectivity index is 1.62. The molecule has 0 spiro atoms. The lowest BCUT2D eigenvalue weighted by Gasteiger charge is -2.37. The number of anilines is 1. The maximum Gasteiger partial charge on any atom is 0.303 e. The number of hydrogen-bond acceptors (Lipinski definition) is 5.